The number of benzene rings is 2. The predicted octanol–water partition coefficient (Wildman–Crippen LogP) is 3.47. The maximum Gasteiger partial charge on any atom is 0.349 e. The van der Waals surface area contributed by atoms with Gasteiger partial charge >= 0.3 is 11.6 Å². The maximum atomic E-state index is 12.3. The molecular weight excluding hydrogens is 405 g/mol. The van der Waals surface area contributed by atoms with Crippen LogP contribution in [0.2, 0.25) is 0 Å². The molecule has 0 fully saturated rings. The number of halogens is 2. The second-order valence-electron chi connectivity index (χ2n) is 5.86. The third-order valence-corrected chi connectivity index (χ3v) is 4.25. The van der Waals surface area contributed by atoms with Crippen LogP contribution in [-0.2, 0) is 11.2 Å². The maximum absolute atomic E-state index is 12.3. The topological polar surface area (TPSA) is 85.6 Å². The molecule has 0 saturated heterocycles. The molecule has 0 radical (unpaired) electrons. The minimum Gasteiger partial charge on any atom is -0.424 e. The summed E-state index contributed by atoms with van der Waals surface area (Å²) in [5.41, 5.74) is 0.344. The fourth-order valence-corrected chi connectivity index (χ4v) is 2.62. The molecule has 1 amide bonds. The Balaban J connectivity index is 1.73. The van der Waals surface area contributed by atoms with Crippen LogP contribution < -0.4 is 15.7 Å². The van der Waals surface area contributed by atoms with Crippen molar-refractivity contribution in [1.29, 1.82) is 0 Å². The Morgan fingerprint density at radius 3 is 2.54 bits per heavy atom. The Labute approximate surface area is 170 Å². The number of hydrogen-bond acceptors (Lipinski definition) is 5. The Morgan fingerprint density at radius 1 is 1.07 bits per heavy atom. The number of ether oxygens (including phenoxy) is 1. The highest BCUT2D eigenvalue weighted by Gasteiger charge is 2.16. The Hall–Kier alpha value is -2.83. The summed E-state index contributed by atoms with van der Waals surface area (Å²) in [5, 5.41) is 3.21. The summed E-state index contributed by atoms with van der Waals surface area (Å²) in [4.78, 5) is 34.6. The van der Waals surface area contributed by atoms with Crippen molar-refractivity contribution in [2.45, 2.75) is 11.3 Å². The first-order valence-electron chi connectivity index (χ1n) is 8.34. The first-order valence-corrected chi connectivity index (χ1v) is 9.21. The van der Waals surface area contributed by atoms with Crippen LogP contribution in [0.4, 0.5) is 0 Å². The van der Waals surface area contributed by atoms with Crippen LogP contribution >= 0.6 is 23.2 Å². The number of carbonyl (C=O) groups is 2. The van der Waals surface area contributed by atoms with Gasteiger partial charge in [-0.1, -0.05) is 53.5 Å². The van der Waals surface area contributed by atoms with E-state index in [1.165, 1.54) is 18.2 Å². The molecule has 28 heavy (non-hydrogen) atoms. The highest BCUT2D eigenvalue weighted by atomic mass is 35.5. The third-order valence-electron chi connectivity index (χ3n) is 3.89. The normalized spacial score (nSPS) is 10.8. The van der Waals surface area contributed by atoms with Crippen molar-refractivity contribution in [2.75, 3.05) is 6.54 Å². The summed E-state index contributed by atoms with van der Waals surface area (Å²) in [5.74, 6) is -1.25. The van der Waals surface area contributed by atoms with Crippen LogP contribution in [0, 0.1) is 0 Å². The first-order chi connectivity index (χ1) is 13.4. The lowest BCUT2D eigenvalue weighted by Crippen LogP contribution is -2.29. The molecule has 0 aliphatic rings. The monoisotopic (exact) mass is 419 g/mol. The number of amides is 1. The van der Waals surface area contributed by atoms with Gasteiger partial charge in [0.2, 0.25) is 4.84 Å². The number of nitrogens with one attached hydrogen (secondary N) is 1. The van der Waals surface area contributed by atoms with E-state index in [2.05, 4.69) is 5.32 Å². The highest BCUT2D eigenvalue weighted by Crippen LogP contribution is 2.21. The molecule has 1 aromatic heterocycles. The van der Waals surface area contributed by atoms with Gasteiger partial charge in [-0.2, -0.15) is 0 Å². The lowest BCUT2D eigenvalue weighted by atomic mass is 10.1. The van der Waals surface area contributed by atoms with Crippen molar-refractivity contribution in [1.82, 2.24) is 5.32 Å². The van der Waals surface area contributed by atoms with E-state index in [4.69, 9.17) is 32.4 Å². The van der Waals surface area contributed by atoms with E-state index in [1.54, 1.807) is 6.07 Å². The molecule has 144 valence electrons. The van der Waals surface area contributed by atoms with Crippen LogP contribution in [0.1, 0.15) is 15.9 Å². The van der Waals surface area contributed by atoms with Gasteiger partial charge in [-0.3, -0.25) is 4.79 Å². The van der Waals surface area contributed by atoms with Gasteiger partial charge in [0.05, 0.1) is 0 Å². The zero-order valence-corrected chi connectivity index (χ0v) is 16.0. The Bertz CT molecular complexity index is 1060. The summed E-state index contributed by atoms with van der Waals surface area (Å²) in [6.07, 6.45) is 0.641. The number of rotatable bonds is 6. The molecule has 1 N–H and O–H groups in total. The highest BCUT2D eigenvalue weighted by molar-refractivity contribution is 6.53. The summed E-state index contributed by atoms with van der Waals surface area (Å²) in [7, 11) is 0. The molecule has 3 aromatic rings. The fraction of sp³-hybridized carbons (Fsp3) is 0.150. The fourth-order valence-electron chi connectivity index (χ4n) is 2.53. The molecular formula is C20H15Cl2NO5. The molecule has 0 aliphatic heterocycles. The van der Waals surface area contributed by atoms with Crippen molar-refractivity contribution in [3.63, 3.8) is 0 Å². The minimum atomic E-state index is -1.33. The van der Waals surface area contributed by atoms with E-state index in [1.807, 2.05) is 30.3 Å². The van der Waals surface area contributed by atoms with Gasteiger partial charge in [0.25, 0.3) is 5.91 Å². The van der Waals surface area contributed by atoms with Crippen LogP contribution in [0.5, 0.6) is 5.75 Å². The summed E-state index contributed by atoms with van der Waals surface area (Å²) < 4.78 is 10.1. The van der Waals surface area contributed by atoms with E-state index in [-0.39, 0.29) is 16.9 Å². The van der Waals surface area contributed by atoms with Gasteiger partial charge in [0.1, 0.15) is 16.9 Å². The number of esters is 1. The third kappa shape index (κ3) is 4.91. The lowest BCUT2D eigenvalue weighted by molar-refractivity contribution is -0.132. The van der Waals surface area contributed by atoms with E-state index < -0.39 is 22.3 Å². The van der Waals surface area contributed by atoms with Gasteiger partial charge in [-0.05, 0) is 30.2 Å². The van der Waals surface area contributed by atoms with Crippen molar-refractivity contribution < 1.29 is 18.7 Å². The van der Waals surface area contributed by atoms with Crippen molar-refractivity contribution in [3.05, 3.63) is 76.1 Å². The molecule has 0 aliphatic carbocycles. The molecule has 0 bridgehead atoms. The second-order valence-corrected chi connectivity index (χ2v) is 6.96. The van der Waals surface area contributed by atoms with E-state index >= 15 is 0 Å². The summed E-state index contributed by atoms with van der Waals surface area (Å²) >= 11 is 10.9. The quantitative estimate of drug-likeness (QED) is 0.286. The summed E-state index contributed by atoms with van der Waals surface area (Å²) in [6, 6.07) is 15.5. The average molecular weight is 420 g/mol. The van der Waals surface area contributed by atoms with E-state index in [0.717, 1.165) is 5.56 Å². The molecule has 3 rings (SSSR count). The molecule has 8 heteroatoms. The number of carbonyl (C=O) groups excluding carboxylic acids is 2. The standard InChI is InChI=1S/C20H15Cl2NO5/c21-17(22)20(26)27-14-7-6-13-10-15(19(25)28-16(13)11-14)18(24)23-9-8-12-4-2-1-3-5-12/h1-7,10-11,17H,8-9H2,(H,23,24). The number of fused-ring (bicyclic) bond motifs is 1. The van der Waals surface area contributed by atoms with Gasteiger partial charge in [0.15, 0.2) is 0 Å². The summed E-state index contributed by atoms with van der Waals surface area (Å²) in [6.45, 7) is 0.382. The molecule has 0 spiro atoms. The SMILES string of the molecule is O=C(NCCc1ccccc1)c1cc2ccc(OC(=O)C(Cl)Cl)cc2oc1=O. The molecule has 1 heterocycles. The van der Waals surface area contributed by atoms with Crippen molar-refractivity contribution >= 4 is 46.0 Å². The molecule has 0 unspecified atom stereocenters. The van der Waals surface area contributed by atoms with E-state index in [9.17, 15) is 14.4 Å². The van der Waals surface area contributed by atoms with Crippen molar-refractivity contribution in [2.24, 2.45) is 0 Å². The zero-order valence-electron chi connectivity index (χ0n) is 14.5. The van der Waals surface area contributed by atoms with Crippen LogP contribution in [-0.4, -0.2) is 23.3 Å². The predicted molar refractivity (Wildman–Crippen MR) is 106 cm³/mol. The lowest BCUT2D eigenvalue weighted by Gasteiger charge is -2.07. The molecule has 2 aromatic carbocycles. The zero-order chi connectivity index (χ0) is 20.1. The van der Waals surface area contributed by atoms with Crippen LogP contribution in [0.15, 0.2) is 63.8 Å². The minimum absolute atomic E-state index is 0.105. The second kappa shape index (κ2) is 8.91. The average Bonchev–Trinajstić information content (AvgIpc) is 2.68. The Morgan fingerprint density at radius 2 is 1.82 bits per heavy atom. The smallest absolute Gasteiger partial charge is 0.349 e. The first kappa shape index (κ1) is 19.9. The molecule has 6 nitrogen and oxygen atoms in total. The van der Waals surface area contributed by atoms with Gasteiger partial charge < -0.3 is 14.5 Å². The van der Waals surface area contributed by atoms with Crippen LogP contribution in [0.3, 0.4) is 0 Å². The van der Waals surface area contributed by atoms with E-state index in [0.29, 0.717) is 18.4 Å². The molecule has 0 saturated carbocycles. The molecule has 0 atom stereocenters. The van der Waals surface area contributed by atoms with Gasteiger partial charge in [-0.15, -0.1) is 0 Å². The largest absolute Gasteiger partial charge is 0.424 e. The number of alkyl halides is 2. The number of hydrogen-bond donors (Lipinski definition) is 1. The van der Waals surface area contributed by atoms with Gasteiger partial charge in [-0.25, -0.2) is 9.59 Å². The van der Waals surface area contributed by atoms with Crippen LogP contribution in [0.25, 0.3) is 11.0 Å². The Kier molecular flexibility index (Phi) is 6.34. The van der Waals surface area contributed by atoms with Gasteiger partial charge in [0, 0.05) is 18.0 Å². The van der Waals surface area contributed by atoms with Crippen molar-refractivity contribution in [3.8, 4) is 5.75 Å².